The van der Waals surface area contributed by atoms with Crippen molar-refractivity contribution in [2.75, 3.05) is 24.6 Å². The molecule has 0 heterocycles. The summed E-state index contributed by atoms with van der Waals surface area (Å²) in [7, 11) is 2.01. The molecule has 4 heteroatoms. The van der Waals surface area contributed by atoms with E-state index >= 15 is 0 Å². The van der Waals surface area contributed by atoms with E-state index in [4.69, 9.17) is 5.73 Å². The van der Waals surface area contributed by atoms with Gasteiger partial charge >= 0.3 is 0 Å². The second kappa shape index (κ2) is 8.67. The molecule has 1 aromatic rings. The van der Waals surface area contributed by atoms with Gasteiger partial charge in [0.2, 0.25) is 5.91 Å². The number of likely N-dealkylation sites (N-methyl/N-ethyl adjacent to an activating group) is 1. The summed E-state index contributed by atoms with van der Waals surface area (Å²) in [6, 6.07) is 5.65. The SMILES string of the molecule is CCCCN(C)C(CC)C(=O)Nc1ccc(CC)c(N)c1. The minimum Gasteiger partial charge on any atom is -0.398 e. The molecule has 1 aromatic carbocycles. The van der Waals surface area contributed by atoms with E-state index in [0.29, 0.717) is 0 Å². The molecule has 0 aromatic heterocycles. The Bertz CT molecular complexity index is 459. The number of hydrogen-bond donors (Lipinski definition) is 2. The van der Waals surface area contributed by atoms with Crippen LogP contribution in [0.25, 0.3) is 0 Å². The molecule has 21 heavy (non-hydrogen) atoms. The van der Waals surface area contributed by atoms with Crippen LogP contribution in [-0.4, -0.2) is 30.4 Å². The average Bonchev–Trinajstić information content (AvgIpc) is 2.46. The van der Waals surface area contributed by atoms with Crippen molar-refractivity contribution >= 4 is 17.3 Å². The first kappa shape index (κ1) is 17.5. The molecule has 1 unspecified atom stereocenters. The summed E-state index contributed by atoms with van der Waals surface area (Å²) in [5.74, 6) is 0.0414. The molecule has 4 nitrogen and oxygen atoms in total. The van der Waals surface area contributed by atoms with Crippen LogP contribution in [-0.2, 0) is 11.2 Å². The van der Waals surface area contributed by atoms with Crippen LogP contribution in [0.4, 0.5) is 11.4 Å². The minimum absolute atomic E-state index is 0.0414. The van der Waals surface area contributed by atoms with Crippen molar-refractivity contribution in [2.24, 2.45) is 0 Å². The van der Waals surface area contributed by atoms with E-state index in [1.165, 1.54) is 0 Å². The summed E-state index contributed by atoms with van der Waals surface area (Å²) in [5, 5.41) is 2.98. The quantitative estimate of drug-likeness (QED) is 0.723. The lowest BCUT2D eigenvalue weighted by molar-refractivity contribution is -0.121. The summed E-state index contributed by atoms with van der Waals surface area (Å²) >= 11 is 0. The van der Waals surface area contributed by atoms with Crippen molar-refractivity contribution in [3.05, 3.63) is 23.8 Å². The Balaban J connectivity index is 2.71. The topological polar surface area (TPSA) is 58.4 Å². The highest BCUT2D eigenvalue weighted by Gasteiger charge is 2.21. The fraction of sp³-hybridized carbons (Fsp3) is 0.588. The number of anilines is 2. The lowest BCUT2D eigenvalue weighted by atomic mass is 10.1. The van der Waals surface area contributed by atoms with Gasteiger partial charge in [0.05, 0.1) is 6.04 Å². The second-order valence-electron chi connectivity index (χ2n) is 5.51. The summed E-state index contributed by atoms with van der Waals surface area (Å²) in [4.78, 5) is 14.5. The number of nitrogens with one attached hydrogen (secondary N) is 1. The summed E-state index contributed by atoms with van der Waals surface area (Å²) in [5.41, 5.74) is 8.60. The van der Waals surface area contributed by atoms with Crippen LogP contribution in [0.5, 0.6) is 0 Å². The molecular weight excluding hydrogens is 262 g/mol. The summed E-state index contributed by atoms with van der Waals surface area (Å²) in [6.45, 7) is 7.22. The smallest absolute Gasteiger partial charge is 0.241 e. The van der Waals surface area contributed by atoms with Crippen molar-refractivity contribution in [1.29, 1.82) is 0 Å². The molecule has 0 aliphatic rings. The number of unbranched alkanes of at least 4 members (excludes halogenated alkanes) is 1. The molecule has 1 amide bonds. The third-order valence-corrected chi connectivity index (χ3v) is 3.88. The number of amides is 1. The molecule has 0 bridgehead atoms. The van der Waals surface area contributed by atoms with E-state index < -0.39 is 0 Å². The maximum atomic E-state index is 12.4. The second-order valence-corrected chi connectivity index (χ2v) is 5.51. The number of carbonyl (C=O) groups is 1. The van der Waals surface area contributed by atoms with E-state index in [0.717, 1.165) is 49.2 Å². The zero-order valence-corrected chi connectivity index (χ0v) is 13.8. The maximum Gasteiger partial charge on any atom is 0.241 e. The highest BCUT2D eigenvalue weighted by molar-refractivity contribution is 5.95. The number of nitrogens with zero attached hydrogens (tertiary/aromatic N) is 1. The zero-order valence-electron chi connectivity index (χ0n) is 13.8. The largest absolute Gasteiger partial charge is 0.398 e. The van der Waals surface area contributed by atoms with Crippen LogP contribution in [0.1, 0.15) is 45.6 Å². The maximum absolute atomic E-state index is 12.4. The van der Waals surface area contributed by atoms with Gasteiger partial charge in [-0.05, 0) is 50.6 Å². The Morgan fingerprint density at radius 2 is 2.05 bits per heavy atom. The van der Waals surface area contributed by atoms with Gasteiger partial charge in [-0.3, -0.25) is 9.69 Å². The van der Waals surface area contributed by atoms with Crippen LogP contribution in [0.2, 0.25) is 0 Å². The van der Waals surface area contributed by atoms with Gasteiger partial charge in [-0.25, -0.2) is 0 Å². The van der Waals surface area contributed by atoms with Crippen molar-refractivity contribution in [2.45, 2.75) is 52.5 Å². The van der Waals surface area contributed by atoms with Gasteiger partial charge in [0.1, 0.15) is 0 Å². The standard InChI is InChI=1S/C17H29N3O/c1-5-8-11-20(4)16(7-3)17(21)19-14-10-9-13(6-2)15(18)12-14/h9-10,12,16H,5-8,11,18H2,1-4H3,(H,19,21). The molecule has 1 atom stereocenters. The van der Waals surface area contributed by atoms with Crippen molar-refractivity contribution in [1.82, 2.24) is 4.90 Å². The third kappa shape index (κ3) is 5.05. The lowest BCUT2D eigenvalue weighted by Gasteiger charge is -2.26. The molecule has 118 valence electrons. The van der Waals surface area contributed by atoms with Gasteiger partial charge in [0.15, 0.2) is 0 Å². The Kier molecular flexibility index (Phi) is 7.23. The summed E-state index contributed by atoms with van der Waals surface area (Å²) < 4.78 is 0. The van der Waals surface area contributed by atoms with Gasteiger partial charge in [-0.2, -0.15) is 0 Å². The Labute approximate surface area is 128 Å². The molecule has 3 N–H and O–H groups in total. The van der Waals surface area contributed by atoms with E-state index in [1.807, 2.05) is 32.2 Å². The zero-order chi connectivity index (χ0) is 15.8. The van der Waals surface area contributed by atoms with Crippen molar-refractivity contribution in [3.63, 3.8) is 0 Å². The van der Waals surface area contributed by atoms with E-state index in [2.05, 4.69) is 24.1 Å². The molecule has 0 spiro atoms. The highest BCUT2D eigenvalue weighted by Crippen LogP contribution is 2.19. The predicted molar refractivity (Wildman–Crippen MR) is 90.5 cm³/mol. The lowest BCUT2D eigenvalue weighted by Crippen LogP contribution is -2.41. The third-order valence-electron chi connectivity index (χ3n) is 3.88. The van der Waals surface area contributed by atoms with Crippen LogP contribution in [0.15, 0.2) is 18.2 Å². The first-order chi connectivity index (χ1) is 10.0. The van der Waals surface area contributed by atoms with Crippen LogP contribution in [0, 0.1) is 0 Å². The molecule has 0 aliphatic carbocycles. The number of nitrogen functional groups attached to an aromatic ring is 1. The number of aryl methyl sites for hydroxylation is 1. The van der Waals surface area contributed by atoms with Crippen LogP contribution >= 0.6 is 0 Å². The van der Waals surface area contributed by atoms with Gasteiger partial charge in [-0.1, -0.05) is 33.3 Å². The number of nitrogens with two attached hydrogens (primary N) is 1. The Morgan fingerprint density at radius 3 is 2.57 bits per heavy atom. The highest BCUT2D eigenvalue weighted by atomic mass is 16.2. The number of benzene rings is 1. The molecule has 0 fully saturated rings. The van der Waals surface area contributed by atoms with Crippen LogP contribution in [0.3, 0.4) is 0 Å². The number of hydrogen-bond acceptors (Lipinski definition) is 3. The van der Waals surface area contributed by atoms with Crippen LogP contribution < -0.4 is 11.1 Å². The van der Waals surface area contributed by atoms with Gasteiger partial charge in [0, 0.05) is 11.4 Å². The molecule has 0 saturated heterocycles. The fourth-order valence-corrected chi connectivity index (χ4v) is 2.48. The molecule has 0 aliphatic heterocycles. The van der Waals surface area contributed by atoms with Gasteiger partial charge in [0.25, 0.3) is 0 Å². The van der Waals surface area contributed by atoms with Gasteiger partial charge < -0.3 is 11.1 Å². The molecule has 1 rings (SSSR count). The van der Waals surface area contributed by atoms with E-state index in [1.54, 1.807) is 0 Å². The molecule has 0 saturated carbocycles. The monoisotopic (exact) mass is 291 g/mol. The van der Waals surface area contributed by atoms with Crippen molar-refractivity contribution < 1.29 is 4.79 Å². The van der Waals surface area contributed by atoms with Crippen molar-refractivity contribution in [3.8, 4) is 0 Å². The fourth-order valence-electron chi connectivity index (χ4n) is 2.48. The Morgan fingerprint density at radius 1 is 1.33 bits per heavy atom. The number of carbonyl (C=O) groups excluding carboxylic acids is 1. The minimum atomic E-state index is -0.0939. The first-order valence-corrected chi connectivity index (χ1v) is 7.92. The van der Waals surface area contributed by atoms with E-state index in [9.17, 15) is 4.79 Å². The molecular formula is C17H29N3O. The first-order valence-electron chi connectivity index (χ1n) is 7.92. The summed E-state index contributed by atoms with van der Waals surface area (Å²) in [6.07, 6.45) is 3.95. The molecule has 0 radical (unpaired) electrons. The van der Waals surface area contributed by atoms with Gasteiger partial charge in [-0.15, -0.1) is 0 Å². The number of rotatable bonds is 8. The van der Waals surface area contributed by atoms with E-state index in [-0.39, 0.29) is 11.9 Å². The Hall–Kier alpha value is -1.55. The normalized spacial score (nSPS) is 12.4. The predicted octanol–water partition coefficient (Wildman–Crippen LogP) is 3.28. The average molecular weight is 291 g/mol.